The molecule has 0 aliphatic rings. The summed E-state index contributed by atoms with van der Waals surface area (Å²) in [5.74, 6) is 0.585. The van der Waals surface area contributed by atoms with E-state index in [1.54, 1.807) is 17.9 Å². The Morgan fingerprint density at radius 2 is 2.00 bits per heavy atom. The molecule has 1 aromatic carbocycles. The van der Waals surface area contributed by atoms with Crippen LogP contribution in [0.4, 0.5) is 0 Å². The fraction of sp³-hybridized carbons (Fsp3) is 0.200. The average molecular weight is 377 g/mol. The normalized spacial score (nSPS) is 11.2. The molecule has 27 heavy (non-hydrogen) atoms. The van der Waals surface area contributed by atoms with E-state index in [0.29, 0.717) is 23.6 Å². The minimum absolute atomic E-state index is 0.0456. The highest BCUT2D eigenvalue weighted by Gasteiger charge is 2.19. The van der Waals surface area contributed by atoms with Gasteiger partial charge in [-0.1, -0.05) is 44.2 Å². The van der Waals surface area contributed by atoms with Crippen LogP contribution in [0.2, 0.25) is 0 Å². The SMILES string of the molecule is CC(C)c1c(-c2cnn(Cc3ccccc3)c2)nc(-c2cncs2)[nH]c1=O. The quantitative estimate of drug-likeness (QED) is 0.572. The number of benzene rings is 1. The second kappa shape index (κ2) is 7.28. The maximum absolute atomic E-state index is 12.7. The summed E-state index contributed by atoms with van der Waals surface area (Å²) in [6, 6.07) is 10.1. The fourth-order valence-electron chi connectivity index (χ4n) is 3.03. The molecule has 136 valence electrons. The van der Waals surface area contributed by atoms with Crippen LogP contribution in [0.3, 0.4) is 0 Å². The summed E-state index contributed by atoms with van der Waals surface area (Å²) in [7, 11) is 0. The molecular formula is C20H19N5OS. The Balaban J connectivity index is 1.77. The fourth-order valence-corrected chi connectivity index (χ4v) is 3.60. The van der Waals surface area contributed by atoms with Crippen molar-refractivity contribution in [3.63, 3.8) is 0 Å². The zero-order valence-electron chi connectivity index (χ0n) is 15.1. The van der Waals surface area contributed by atoms with Gasteiger partial charge in [-0.15, -0.1) is 11.3 Å². The lowest BCUT2D eigenvalue weighted by Gasteiger charge is -2.11. The third-order valence-corrected chi connectivity index (χ3v) is 5.07. The molecule has 0 aliphatic heterocycles. The van der Waals surface area contributed by atoms with Crippen molar-refractivity contribution in [2.45, 2.75) is 26.3 Å². The number of nitrogens with one attached hydrogen (secondary N) is 1. The van der Waals surface area contributed by atoms with Gasteiger partial charge in [-0.2, -0.15) is 5.10 Å². The van der Waals surface area contributed by atoms with Crippen molar-refractivity contribution in [2.75, 3.05) is 0 Å². The largest absolute Gasteiger partial charge is 0.306 e. The van der Waals surface area contributed by atoms with Gasteiger partial charge in [-0.3, -0.25) is 14.5 Å². The van der Waals surface area contributed by atoms with E-state index in [1.807, 2.05) is 42.9 Å². The van der Waals surface area contributed by atoms with Crippen LogP contribution in [0.15, 0.2) is 59.2 Å². The molecule has 0 aliphatic carbocycles. The Kier molecular flexibility index (Phi) is 4.68. The van der Waals surface area contributed by atoms with Crippen LogP contribution >= 0.6 is 11.3 Å². The summed E-state index contributed by atoms with van der Waals surface area (Å²) in [4.78, 5) is 25.3. The molecule has 3 heterocycles. The van der Waals surface area contributed by atoms with Crippen molar-refractivity contribution in [3.05, 3.63) is 75.9 Å². The zero-order valence-corrected chi connectivity index (χ0v) is 15.9. The molecule has 0 saturated heterocycles. The van der Waals surface area contributed by atoms with Crippen LogP contribution in [0.1, 0.15) is 30.9 Å². The van der Waals surface area contributed by atoms with Crippen LogP contribution < -0.4 is 5.56 Å². The summed E-state index contributed by atoms with van der Waals surface area (Å²) in [6.07, 6.45) is 5.42. The second-order valence-corrected chi connectivity index (χ2v) is 7.50. The molecule has 6 nitrogen and oxygen atoms in total. The van der Waals surface area contributed by atoms with Crippen molar-refractivity contribution < 1.29 is 0 Å². The molecule has 4 rings (SSSR count). The minimum Gasteiger partial charge on any atom is -0.306 e. The second-order valence-electron chi connectivity index (χ2n) is 6.61. The molecular weight excluding hydrogens is 358 g/mol. The number of thiazole rings is 1. The number of H-pyrrole nitrogens is 1. The summed E-state index contributed by atoms with van der Waals surface area (Å²) < 4.78 is 1.87. The third-order valence-electron chi connectivity index (χ3n) is 4.29. The Bertz CT molecular complexity index is 1100. The third kappa shape index (κ3) is 3.59. The molecule has 0 amide bonds. The number of nitrogens with zero attached hydrogens (tertiary/aromatic N) is 4. The van der Waals surface area contributed by atoms with Gasteiger partial charge in [0, 0.05) is 23.5 Å². The first-order valence-electron chi connectivity index (χ1n) is 8.71. The van der Waals surface area contributed by atoms with E-state index in [4.69, 9.17) is 4.98 Å². The van der Waals surface area contributed by atoms with Crippen LogP contribution in [0, 0.1) is 0 Å². The minimum atomic E-state index is -0.116. The van der Waals surface area contributed by atoms with E-state index < -0.39 is 0 Å². The Labute approximate surface area is 160 Å². The zero-order chi connectivity index (χ0) is 18.8. The first-order chi connectivity index (χ1) is 13.1. The maximum atomic E-state index is 12.7. The van der Waals surface area contributed by atoms with E-state index in [9.17, 15) is 4.79 Å². The van der Waals surface area contributed by atoms with Crippen molar-refractivity contribution in [2.24, 2.45) is 0 Å². The number of hydrogen-bond acceptors (Lipinski definition) is 5. The Morgan fingerprint density at radius 1 is 1.19 bits per heavy atom. The van der Waals surface area contributed by atoms with Crippen LogP contribution in [-0.4, -0.2) is 24.7 Å². The summed E-state index contributed by atoms with van der Waals surface area (Å²) in [6.45, 7) is 4.66. The highest BCUT2D eigenvalue weighted by atomic mass is 32.1. The van der Waals surface area contributed by atoms with E-state index in [0.717, 1.165) is 10.4 Å². The lowest BCUT2D eigenvalue weighted by atomic mass is 10.00. The van der Waals surface area contributed by atoms with Gasteiger partial charge in [0.2, 0.25) is 0 Å². The smallest absolute Gasteiger partial charge is 0.255 e. The van der Waals surface area contributed by atoms with E-state index >= 15 is 0 Å². The van der Waals surface area contributed by atoms with E-state index in [1.165, 1.54) is 16.9 Å². The van der Waals surface area contributed by atoms with Crippen LogP contribution in [0.25, 0.3) is 22.0 Å². The highest BCUT2D eigenvalue weighted by Crippen LogP contribution is 2.27. The van der Waals surface area contributed by atoms with Gasteiger partial charge in [0.05, 0.1) is 28.8 Å². The van der Waals surface area contributed by atoms with Gasteiger partial charge in [0.15, 0.2) is 5.82 Å². The standard InChI is InChI=1S/C20H19N5OS/c1-13(2)17-18(23-19(24-20(17)26)16-9-21-12-27-16)15-8-22-25(11-15)10-14-6-4-3-5-7-14/h3-9,11-13H,10H2,1-2H3,(H,23,24,26). The van der Waals surface area contributed by atoms with Crippen LogP contribution in [-0.2, 0) is 6.54 Å². The van der Waals surface area contributed by atoms with Gasteiger partial charge in [0.25, 0.3) is 5.56 Å². The molecule has 0 saturated carbocycles. The lowest BCUT2D eigenvalue weighted by molar-refractivity contribution is 0.687. The van der Waals surface area contributed by atoms with Gasteiger partial charge in [0.1, 0.15) is 0 Å². The molecule has 0 spiro atoms. The number of hydrogen-bond donors (Lipinski definition) is 1. The monoisotopic (exact) mass is 377 g/mol. The molecule has 0 radical (unpaired) electrons. The van der Waals surface area contributed by atoms with E-state index in [-0.39, 0.29) is 11.5 Å². The topological polar surface area (TPSA) is 76.5 Å². The van der Waals surface area contributed by atoms with Gasteiger partial charge < -0.3 is 4.98 Å². The maximum Gasteiger partial charge on any atom is 0.255 e. The molecule has 0 unspecified atom stereocenters. The molecule has 4 aromatic rings. The first-order valence-corrected chi connectivity index (χ1v) is 9.59. The van der Waals surface area contributed by atoms with Gasteiger partial charge in [-0.05, 0) is 11.5 Å². The highest BCUT2D eigenvalue weighted by molar-refractivity contribution is 7.13. The van der Waals surface area contributed by atoms with E-state index in [2.05, 4.69) is 27.2 Å². The Morgan fingerprint density at radius 3 is 2.70 bits per heavy atom. The summed E-state index contributed by atoms with van der Waals surface area (Å²) in [5, 5.41) is 4.47. The summed E-state index contributed by atoms with van der Waals surface area (Å²) in [5.41, 5.74) is 4.96. The molecule has 7 heteroatoms. The molecule has 0 atom stereocenters. The van der Waals surface area contributed by atoms with Crippen molar-refractivity contribution >= 4 is 11.3 Å². The predicted octanol–water partition coefficient (Wildman–Crippen LogP) is 3.93. The van der Waals surface area contributed by atoms with Crippen molar-refractivity contribution in [3.8, 4) is 22.0 Å². The average Bonchev–Trinajstić information content (AvgIpc) is 3.33. The van der Waals surface area contributed by atoms with Gasteiger partial charge >= 0.3 is 0 Å². The lowest BCUT2D eigenvalue weighted by Crippen LogP contribution is -2.18. The Hall–Kier alpha value is -3.06. The molecule has 0 fully saturated rings. The first kappa shape index (κ1) is 17.4. The number of rotatable bonds is 5. The molecule has 3 aromatic heterocycles. The molecule has 1 N–H and O–H groups in total. The molecule has 0 bridgehead atoms. The predicted molar refractivity (Wildman–Crippen MR) is 107 cm³/mol. The van der Waals surface area contributed by atoms with Crippen LogP contribution in [0.5, 0.6) is 0 Å². The summed E-state index contributed by atoms with van der Waals surface area (Å²) >= 11 is 1.45. The van der Waals surface area contributed by atoms with Crippen molar-refractivity contribution in [1.29, 1.82) is 0 Å². The number of aromatic nitrogens is 5. The van der Waals surface area contributed by atoms with Crippen molar-refractivity contribution in [1.82, 2.24) is 24.7 Å². The number of aromatic amines is 1. The van der Waals surface area contributed by atoms with Gasteiger partial charge in [-0.25, -0.2) is 4.98 Å².